The number of aromatic nitrogens is 2. The normalized spacial score (nSPS) is 20.5. The summed E-state index contributed by atoms with van der Waals surface area (Å²) < 4.78 is 5.81. The van der Waals surface area contributed by atoms with Gasteiger partial charge in [-0.05, 0) is 32.0 Å². The Morgan fingerprint density at radius 1 is 0.962 bits per heavy atom. The number of morpholine rings is 1. The molecule has 0 radical (unpaired) electrons. The summed E-state index contributed by atoms with van der Waals surface area (Å²) in [6, 6.07) is 13.8. The molecule has 0 saturated carbocycles. The largest absolute Gasteiger partial charge is 0.372 e. The second kappa shape index (κ2) is 7.03. The lowest BCUT2D eigenvalue weighted by atomic mass is 10.1. The number of anilines is 1. The van der Waals surface area contributed by atoms with E-state index in [1.807, 2.05) is 24.3 Å². The van der Waals surface area contributed by atoms with E-state index in [1.165, 1.54) is 5.69 Å². The molecule has 0 unspecified atom stereocenters. The molecule has 134 valence electrons. The van der Waals surface area contributed by atoms with Crippen LogP contribution in [0.1, 0.15) is 13.8 Å². The van der Waals surface area contributed by atoms with E-state index in [1.54, 1.807) is 6.07 Å². The Morgan fingerprint density at radius 3 is 2.35 bits per heavy atom. The minimum absolute atomic E-state index is 0.226. The van der Waals surface area contributed by atoms with Crippen molar-refractivity contribution in [1.29, 1.82) is 0 Å². The van der Waals surface area contributed by atoms with E-state index in [9.17, 15) is 0 Å². The summed E-state index contributed by atoms with van der Waals surface area (Å²) in [6.07, 6.45) is 0.452. The van der Waals surface area contributed by atoms with Gasteiger partial charge in [0.05, 0.1) is 22.3 Å². The first kappa shape index (κ1) is 17.5. The molecule has 1 aliphatic rings. The Bertz CT molecular complexity index is 936. The van der Waals surface area contributed by atoms with Crippen molar-refractivity contribution < 1.29 is 4.74 Å². The van der Waals surface area contributed by atoms with Gasteiger partial charge in [-0.15, -0.1) is 10.2 Å². The predicted molar refractivity (Wildman–Crippen MR) is 107 cm³/mol. The van der Waals surface area contributed by atoms with Crippen LogP contribution in [0.15, 0.2) is 42.5 Å². The van der Waals surface area contributed by atoms with Crippen molar-refractivity contribution in [3.05, 3.63) is 52.5 Å². The number of nitrogens with zero attached hydrogens (tertiary/aromatic N) is 3. The van der Waals surface area contributed by atoms with Gasteiger partial charge in [-0.25, -0.2) is 0 Å². The Labute approximate surface area is 162 Å². The fourth-order valence-corrected chi connectivity index (χ4v) is 3.98. The molecule has 0 spiro atoms. The molecule has 4 rings (SSSR count). The van der Waals surface area contributed by atoms with Crippen LogP contribution in [0.5, 0.6) is 0 Å². The average Bonchev–Trinajstić information content (AvgIpc) is 2.62. The van der Waals surface area contributed by atoms with Crippen LogP contribution in [0.3, 0.4) is 0 Å². The van der Waals surface area contributed by atoms with Gasteiger partial charge in [-0.2, -0.15) is 0 Å². The standard InChI is InChI=1S/C20H19Cl2N3O/c1-12-10-25(11-13(2)26-12)15-8-6-14(7-9-15)19-18(22)16-4-3-5-17(21)20(16)24-23-19/h3-9,12-13H,10-11H2,1-2H3/t12-,13+. The molecule has 0 bridgehead atoms. The molecule has 3 aromatic rings. The average molecular weight is 388 g/mol. The molecule has 1 fully saturated rings. The lowest BCUT2D eigenvalue weighted by Crippen LogP contribution is -2.45. The van der Waals surface area contributed by atoms with Crippen molar-refractivity contribution in [2.24, 2.45) is 0 Å². The zero-order valence-corrected chi connectivity index (χ0v) is 16.1. The summed E-state index contributed by atoms with van der Waals surface area (Å²) in [6.45, 7) is 5.98. The van der Waals surface area contributed by atoms with Gasteiger partial charge in [0.2, 0.25) is 0 Å². The Morgan fingerprint density at radius 2 is 1.65 bits per heavy atom. The Balaban J connectivity index is 1.67. The van der Waals surface area contributed by atoms with E-state index in [4.69, 9.17) is 27.9 Å². The van der Waals surface area contributed by atoms with Crippen LogP contribution < -0.4 is 4.90 Å². The molecule has 0 amide bonds. The van der Waals surface area contributed by atoms with Gasteiger partial charge < -0.3 is 9.64 Å². The highest BCUT2D eigenvalue weighted by Gasteiger charge is 2.22. The van der Waals surface area contributed by atoms with Crippen LogP contribution in [-0.2, 0) is 4.74 Å². The van der Waals surface area contributed by atoms with Gasteiger partial charge in [-0.3, -0.25) is 0 Å². The molecule has 1 saturated heterocycles. The topological polar surface area (TPSA) is 38.2 Å². The van der Waals surface area contributed by atoms with Gasteiger partial charge in [0.25, 0.3) is 0 Å². The minimum Gasteiger partial charge on any atom is -0.372 e. The number of fused-ring (bicyclic) bond motifs is 1. The molecule has 1 aliphatic heterocycles. The molecular formula is C20H19Cl2N3O. The lowest BCUT2D eigenvalue weighted by molar-refractivity contribution is -0.00521. The summed E-state index contributed by atoms with van der Waals surface area (Å²) in [5.41, 5.74) is 3.39. The molecule has 1 aromatic heterocycles. The van der Waals surface area contributed by atoms with Crippen LogP contribution in [0.4, 0.5) is 5.69 Å². The smallest absolute Gasteiger partial charge is 0.113 e. The van der Waals surface area contributed by atoms with Crippen molar-refractivity contribution in [3.63, 3.8) is 0 Å². The molecule has 6 heteroatoms. The van der Waals surface area contributed by atoms with Crippen molar-refractivity contribution in [3.8, 4) is 11.3 Å². The monoisotopic (exact) mass is 387 g/mol. The van der Waals surface area contributed by atoms with Crippen LogP contribution in [0, 0.1) is 0 Å². The van der Waals surface area contributed by atoms with Crippen LogP contribution >= 0.6 is 23.2 Å². The van der Waals surface area contributed by atoms with Crippen molar-refractivity contribution in [2.75, 3.05) is 18.0 Å². The Hall–Kier alpha value is -1.88. The molecule has 2 heterocycles. The van der Waals surface area contributed by atoms with Gasteiger partial charge in [-0.1, -0.05) is 47.5 Å². The molecular weight excluding hydrogens is 369 g/mol. The van der Waals surface area contributed by atoms with Gasteiger partial charge in [0.15, 0.2) is 0 Å². The van der Waals surface area contributed by atoms with Crippen molar-refractivity contribution in [1.82, 2.24) is 10.2 Å². The summed E-state index contributed by atoms with van der Waals surface area (Å²) in [5.74, 6) is 0. The van der Waals surface area contributed by atoms with Crippen molar-refractivity contribution >= 4 is 39.8 Å². The summed E-state index contributed by atoms with van der Waals surface area (Å²) in [5, 5.41) is 10.5. The zero-order valence-electron chi connectivity index (χ0n) is 14.6. The maximum absolute atomic E-state index is 6.59. The van der Waals surface area contributed by atoms with Gasteiger partial charge in [0, 0.05) is 29.7 Å². The van der Waals surface area contributed by atoms with Crippen LogP contribution in [0.2, 0.25) is 10.0 Å². The van der Waals surface area contributed by atoms with Crippen LogP contribution in [-0.4, -0.2) is 35.5 Å². The fourth-order valence-electron chi connectivity index (χ4n) is 3.47. The van der Waals surface area contributed by atoms with E-state index in [0.29, 0.717) is 21.3 Å². The molecule has 2 atom stereocenters. The molecule has 0 N–H and O–H groups in total. The Kier molecular flexibility index (Phi) is 4.74. The van der Waals surface area contributed by atoms with Gasteiger partial charge in [0.1, 0.15) is 11.2 Å². The quantitative estimate of drug-likeness (QED) is 0.604. The summed E-state index contributed by atoms with van der Waals surface area (Å²) in [4.78, 5) is 2.34. The van der Waals surface area contributed by atoms with Gasteiger partial charge >= 0.3 is 0 Å². The van der Waals surface area contributed by atoms with E-state index in [-0.39, 0.29) is 12.2 Å². The molecule has 0 aliphatic carbocycles. The first-order chi connectivity index (χ1) is 12.5. The number of rotatable bonds is 2. The highest BCUT2D eigenvalue weighted by atomic mass is 35.5. The number of hydrogen-bond acceptors (Lipinski definition) is 4. The highest BCUT2D eigenvalue weighted by Crippen LogP contribution is 2.34. The number of ether oxygens (including phenoxy) is 1. The first-order valence-corrected chi connectivity index (χ1v) is 9.40. The third-order valence-corrected chi connectivity index (χ3v) is 5.29. The second-order valence-corrected chi connectivity index (χ2v) is 7.49. The summed E-state index contributed by atoms with van der Waals surface area (Å²) >= 11 is 12.8. The number of halogens is 2. The lowest BCUT2D eigenvalue weighted by Gasteiger charge is -2.36. The molecule has 2 aromatic carbocycles. The second-order valence-electron chi connectivity index (χ2n) is 6.71. The fraction of sp³-hybridized carbons (Fsp3) is 0.300. The highest BCUT2D eigenvalue weighted by molar-refractivity contribution is 6.40. The maximum Gasteiger partial charge on any atom is 0.113 e. The first-order valence-electron chi connectivity index (χ1n) is 8.64. The molecule has 26 heavy (non-hydrogen) atoms. The number of hydrogen-bond donors (Lipinski definition) is 0. The zero-order chi connectivity index (χ0) is 18.3. The third-order valence-electron chi connectivity index (χ3n) is 4.61. The van der Waals surface area contributed by atoms with Crippen LogP contribution in [0.25, 0.3) is 22.2 Å². The van der Waals surface area contributed by atoms with E-state index in [2.05, 4.69) is 41.1 Å². The van der Waals surface area contributed by atoms with E-state index >= 15 is 0 Å². The minimum atomic E-state index is 0.226. The third kappa shape index (κ3) is 3.25. The number of benzene rings is 2. The molecule has 4 nitrogen and oxygen atoms in total. The predicted octanol–water partition coefficient (Wildman–Crippen LogP) is 5.22. The van der Waals surface area contributed by atoms with Crippen molar-refractivity contribution in [2.45, 2.75) is 26.1 Å². The summed E-state index contributed by atoms with van der Waals surface area (Å²) in [7, 11) is 0. The SMILES string of the molecule is C[C@@H]1CN(c2ccc(-c3nnc4c(Cl)cccc4c3Cl)cc2)C[C@H](C)O1. The van der Waals surface area contributed by atoms with E-state index in [0.717, 1.165) is 24.0 Å². The maximum atomic E-state index is 6.59. The van der Waals surface area contributed by atoms with E-state index < -0.39 is 0 Å².